The molecule has 2 atom stereocenters. The predicted molar refractivity (Wildman–Crippen MR) is 132 cm³/mol. The van der Waals surface area contributed by atoms with Crippen LogP contribution in [0.2, 0.25) is 0 Å². The third-order valence-corrected chi connectivity index (χ3v) is 6.99. The predicted octanol–water partition coefficient (Wildman–Crippen LogP) is 4.68. The molecule has 0 bridgehead atoms. The van der Waals surface area contributed by atoms with Crippen LogP contribution in [0.15, 0.2) is 84.0 Å². The minimum atomic E-state index is -0.381. The SMILES string of the molecule is CSc1ccc(CC2(CCC(=O)NC(c3ccccc3)c3ccncc3)CCC(=O)N2)cc1. The second kappa shape index (κ2) is 10.7. The normalized spacial score (nSPS) is 18.5. The molecule has 0 aliphatic carbocycles. The molecular weight excluding hydrogens is 430 g/mol. The number of carbonyl (C=O) groups is 2. The number of benzene rings is 2. The molecule has 5 nitrogen and oxygen atoms in total. The van der Waals surface area contributed by atoms with Crippen molar-refractivity contribution in [2.24, 2.45) is 0 Å². The Labute approximate surface area is 199 Å². The van der Waals surface area contributed by atoms with Crippen LogP contribution in [0, 0.1) is 0 Å². The lowest BCUT2D eigenvalue weighted by molar-refractivity contribution is -0.123. The lowest BCUT2D eigenvalue weighted by Gasteiger charge is -2.30. The third-order valence-electron chi connectivity index (χ3n) is 6.25. The summed E-state index contributed by atoms with van der Waals surface area (Å²) in [6.07, 6.45) is 8.47. The molecule has 3 aromatic rings. The van der Waals surface area contributed by atoms with Gasteiger partial charge in [-0.2, -0.15) is 0 Å². The molecule has 2 unspecified atom stereocenters. The Morgan fingerprint density at radius 3 is 2.39 bits per heavy atom. The molecule has 1 aliphatic rings. The average Bonchev–Trinajstić information content (AvgIpc) is 3.23. The Morgan fingerprint density at radius 1 is 1.06 bits per heavy atom. The van der Waals surface area contributed by atoms with Gasteiger partial charge in [0.05, 0.1) is 6.04 Å². The summed E-state index contributed by atoms with van der Waals surface area (Å²) < 4.78 is 0. The van der Waals surface area contributed by atoms with Crippen molar-refractivity contribution in [2.45, 2.75) is 48.6 Å². The monoisotopic (exact) mass is 459 g/mol. The number of nitrogens with one attached hydrogen (secondary N) is 2. The fourth-order valence-electron chi connectivity index (χ4n) is 4.46. The maximum absolute atomic E-state index is 13.1. The van der Waals surface area contributed by atoms with Gasteiger partial charge in [-0.25, -0.2) is 0 Å². The highest BCUT2D eigenvalue weighted by atomic mass is 32.2. The highest BCUT2D eigenvalue weighted by molar-refractivity contribution is 7.98. The van der Waals surface area contributed by atoms with Crippen LogP contribution in [0.25, 0.3) is 0 Å². The quantitative estimate of drug-likeness (QED) is 0.456. The lowest BCUT2D eigenvalue weighted by atomic mass is 9.85. The van der Waals surface area contributed by atoms with E-state index in [1.807, 2.05) is 42.5 Å². The number of thioether (sulfide) groups is 1. The van der Waals surface area contributed by atoms with E-state index in [0.29, 0.717) is 19.3 Å². The molecular formula is C27H29N3O2S. The van der Waals surface area contributed by atoms with Gasteiger partial charge in [-0.05, 0) is 66.5 Å². The molecule has 4 rings (SSSR count). The third kappa shape index (κ3) is 6.02. The zero-order valence-corrected chi connectivity index (χ0v) is 19.6. The summed E-state index contributed by atoms with van der Waals surface area (Å²) in [5.41, 5.74) is 2.81. The van der Waals surface area contributed by atoms with Crippen LogP contribution in [0.3, 0.4) is 0 Å². The van der Waals surface area contributed by atoms with Crippen molar-refractivity contribution < 1.29 is 9.59 Å². The van der Waals surface area contributed by atoms with Crippen LogP contribution in [-0.4, -0.2) is 28.6 Å². The fourth-order valence-corrected chi connectivity index (χ4v) is 4.87. The van der Waals surface area contributed by atoms with Crippen molar-refractivity contribution in [3.05, 3.63) is 95.8 Å². The summed E-state index contributed by atoms with van der Waals surface area (Å²) >= 11 is 1.71. The molecule has 2 N–H and O–H groups in total. The number of hydrogen-bond donors (Lipinski definition) is 2. The van der Waals surface area contributed by atoms with Gasteiger partial charge in [0.1, 0.15) is 0 Å². The molecule has 1 aliphatic heterocycles. The first-order valence-corrected chi connectivity index (χ1v) is 12.5. The van der Waals surface area contributed by atoms with Crippen molar-refractivity contribution in [3.63, 3.8) is 0 Å². The maximum atomic E-state index is 13.1. The minimum absolute atomic E-state index is 0.0288. The van der Waals surface area contributed by atoms with E-state index in [4.69, 9.17) is 0 Å². The second-order valence-corrected chi connectivity index (χ2v) is 9.42. The molecule has 1 saturated heterocycles. The van der Waals surface area contributed by atoms with E-state index in [1.54, 1.807) is 24.2 Å². The molecule has 33 heavy (non-hydrogen) atoms. The Kier molecular flexibility index (Phi) is 7.45. The molecule has 0 radical (unpaired) electrons. The van der Waals surface area contributed by atoms with Crippen LogP contribution in [0.5, 0.6) is 0 Å². The molecule has 2 heterocycles. The van der Waals surface area contributed by atoms with E-state index >= 15 is 0 Å². The molecule has 0 saturated carbocycles. The summed E-state index contributed by atoms with van der Waals surface area (Å²) in [7, 11) is 0. The van der Waals surface area contributed by atoms with Crippen LogP contribution in [0.1, 0.15) is 48.4 Å². The van der Waals surface area contributed by atoms with Crippen molar-refractivity contribution in [1.82, 2.24) is 15.6 Å². The number of hydrogen-bond acceptors (Lipinski definition) is 4. The summed E-state index contributed by atoms with van der Waals surface area (Å²) in [6, 6.07) is 22.0. The van der Waals surface area contributed by atoms with Gasteiger partial charge in [0.2, 0.25) is 11.8 Å². The highest BCUT2D eigenvalue weighted by Gasteiger charge is 2.38. The van der Waals surface area contributed by atoms with Gasteiger partial charge in [-0.1, -0.05) is 42.5 Å². The fraction of sp³-hybridized carbons (Fsp3) is 0.296. The Bertz CT molecular complexity index is 1030. The first kappa shape index (κ1) is 23.1. The largest absolute Gasteiger partial charge is 0.350 e. The summed E-state index contributed by atoms with van der Waals surface area (Å²) in [4.78, 5) is 30.5. The van der Waals surface area contributed by atoms with Crippen LogP contribution in [-0.2, 0) is 16.0 Å². The number of pyridine rings is 1. The number of rotatable bonds is 9. The number of carbonyl (C=O) groups excluding carboxylic acids is 2. The van der Waals surface area contributed by atoms with Crippen molar-refractivity contribution in [2.75, 3.05) is 6.26 Å². The Morgan fingerprint density at radius 2 is 1.76 bits per heavy atom. The van der Waals surface area contributed by atoms with Gasteiger partial charge in [-0.3, -0.25) is 14.6 Å². The van der Waals surface area contributed by atoms with Crippen molar-refractivity contribution in [1.29, 1.82) is 0 Å². The van der Waals surface area contributed by atoms with E-state index in [0.717, 1.165) is 24.0 Å². The van der Waals surface area contributed by atoms with Gasteiger partial charge in [0.15, 0.2) is 0 Å². The minimum Gasteiger partial charge on any atom is -0.350 e. The molecule has 2 aromatic carbocycles. The van der Waals surface area contributed by atoms with Crippen LogP contribution >= 0.6 is 11.8 Å². The standard InChI is InChI=1S/C27H29N3O2S/c1-33-23-9-7-20(8-10-23)19-27(16-12-25(32)30-27)15-11-24(31)29-26(21-5-3-2-4-6-21)22-13-17-28-18-14-22/h2-10,13-14,17-18,26H,11-12,15-16,19H2,1H3,(H,29,31)(H,30,32). The van der Waals surface area contributed by atoms with Crippen LogP contribution < -0.4 is 10.6 Å². The number of amides is 2. The molecule has 1 fully saturated rings. The van der Waals surface area contributed by atoms with Crippen LogP contribution in [0.4, 0.5) is 0 Å². The van der Waals surface area contributed by atoms with Crippen molar-refractivity contribution in [3.8, 4) is 0 Å². The van der Waals surface area contributed by atoms with E-state index < -0.39 is 0 Å². The zero-order valence-electron chi connectivity index (χ0n) is 18.8. The molecule has 2 amide bonds. The molecule has 1 aromatic heterocycles. The summed E-state index contributed by atoms with van der Waals surface area (Å²) in [5.74, 6) is 0.0361. The number of aromatic nitrogens is 1. The summed E-state index contributed by atoms with van der Waals surface area (Å²) in [6.45, 7) is 0. The molecule has 0 spiro atoms. The average molecular weight is 460 g/mol. The molecule has 170 valence electrons. The Balaban J connectivity index is 1.45. The van der Waals surface area contributed by atoms with E-state index in [2.05, 4.69) is 46.1 Å². The van der Waals surface area contributed by atoms with Gasteiger partial charge in [0.25, 0.3) is 0 Å². The van der Waals surface area contributed by atoms with Crippen molar-refractivity contribution >= 4 is 23.6 Å². The smallest absolute Gasteiger partial charge is 0.220 e. The maximum Gasteiger partial charge on any atom is 0.220 e. The Hall–Kier alpha value is -3.12. The highest BCUT2D eigenvalue weighted by Crippen LogP contribution is 2.30. The van der Waals surface area contributed by atoms with E-state index in [9.17, 15) is 9.59 Å². The van der Waals surface area contributed by atoms with E-state index in [1.165, 1.54) is 10.5 Å². The summed E-state index contributed by atoms with van der Waals surface area (Å²) in [5, 5.41) is 6.38. The van der Waals surface area contributed by atoms with Gasteiger partial charge in [0, 0.05) is 35.7 Å². The molecule has 6 heteroatoms. The van der Waals surface area contributed by atoms with E-state index in [-0.39, 0.29) is 23.4 Å². The zero-order chi connectivity index (χ0) is 23.1. The van der Waals surface area contributed by atoms with Gasteiger partial charge >= 0.3 is 0 Å². The first-order valence-electron chi connectivity index (χ1n) is 11.3. The van der Waals surface area contributed by atoms with Gasteiger partial charge in [-0.15, -0.1) is 11.8 Å². The lowest BCUT2D eigenvalue weighted by Crippen LogP contribution is -2.44. The second-order valence-electron chi connectivity index (χ2n) is 8.55. The topological polar surface area (TPSA) is 71.1 Å². The number of nitrogens with zero attached hydrogens (tertiary/aromatic N) is 1. The first-order chi connectivity index (χ1) is 16.1. The van der Waals surface area contributed by atoms with Gasteiger partial charge < -0.3 is 10.6 Å².